The number of rotatable bonds is 12. The van der Waals surface area contributed by atoms with Crippen LogP contribution in [0.25, 0.3) is 0 Å². The van der Waals surface area contributed by atoms with Crippen molar-refractivity contribution in [3.63, 3.8) is 0 Å². The van der Waals surface area contributed by atoms with Crippen molar-refractivity contribution < 1.29 is 4.79 Å². The van der Waals surface area contributed by atoms with Gasteiger partial charge in [-0.2, -0.15) is 0 Å². The second-order valence-electron chi connectivity index (χ2n) is 9.26. The third-order valence-corrected chi connectivity index (χ3v) is 6.93. The van der Waals surface area contributed by atoms with Gasteiger partial charge in [0.25, 0.3) is 5.91 Å². The van der Waals surface area contributed by atoms with Crippen molar-refractivity contribution in [3.8, 4) is 0 Å². The van der Waals surface area contributed by atoms with Crippen LogP contribution in [0.1, 0.15) is 51.6 Å². The van der Waals surface area contributed by atoms with Gasteiger partial charge in [-0.25, -0.2) is 4.99 Å². The molecule has 10 heteroatoms. The number of alkyl halides is 1. The molecule has 0 bridgehead atoms. The number of pyridine rings is 2. The lowest BCUT2D eigenvalue weighted by Crippen LogP contribution is -2.39. The zero-order chi connectivity index (χ0) is 28.7. The minimum absolute atomic E-state index is 0.220. The average Bonchev–Trinajstić information content (AvgIpc) is 2.99. The molecule has 1 unspecified atom stereocenters. The summed E-state index contributed by atoms with van der Waals surface area (Å²) in [5, 5.41) is 6.65. The number of carbonyl (C=O) groups excluding carboxylic acids is 1. The lowest BCUT2D eigenvalue weighted by molar-refractivity contribution is 0.0951. The molecule has 0 spiro atoms. The highest BCUT2D eigenvalue weighted by Gasteiger charge is 2.27. The average molecular weight is 583 g/mol. The third-order valence-electron chi connectivity index (χ3n) is 6.62. The molecule has 0 aliphatic heterocycles. The number of nitrogens with zero attached hydrogens (tertiary/aromatic N) is 4. The number of nitrogens with two attached hydrogens (primary N) is 1. The van der Waals surface area contributed by atoms with E-state index in [4.69, 9.17) is 22.3 Å². The molecule has 0 radical (unpaired) electrons. The van der Waals surface area contributed by atoms with Gasteiger partial charge in [-0.3, -0.25) is 19.7 Å². The Hall–Kier alpha value is -3.30. The van der Waals surface area contributed by atoms with E-state index >= 15 is 0 Å². The summed E-state index contributed by atoms with van der Waals surface area (Å²) in [5.74, 6) is 0.299. The largest absolute Gasteiger partial charge is 0.386 e. The van der Waals surface area contributed by atoms with Gasteiger partial charge in [-0.05, 0) is 48.1 Å². The van der Waals surface area contributed by atoms with Crippen LogP contribution >= 0.6 is 23.2 Å². The van der Waals surface area contributed by atoms with Gasteiger partial charge in [0.15, 0.2) is 0 Å². The van der Waals surface area contributed by atoms with E-state index in [-0.39, 0.29) is 11.9 Å². The number of fused-ring (bicyclic) bond motifs is 1. The molecule has 212 valence electrons. The first-order chi connectivity index (χ1) is 19.5. The van der Waals surface area contributed by atoms with Gasteiger partial charge in [-0.1, -0.05) is 48.5 Å². The van der Waals surface area contributed by atoms with Crippen LogP contribution in [-0.2, 0) is 19.5 Å². The number of carbonyl (C=O) groups is 1. The number of amides is 1. The Labute approximate surface area is 246 Å². The summed E-state index contributed by atoms with van der Waals surface area (Å²) in [6, 6.07) is 14.4. The molecule has 1 atom stereocenters. The van der Waals surface area contributed by atoms with Crippen LogP contribution in [0.4, 0.5) is 0 Å². The fraction of sp³-hybridized carbons (Fsp3) is 0.333. The summed E-state index contributed by atoms with van der Waals surface area (Å²) >= 11 is 10.7. The summed E-state index contributed by atoms with van der Waals surface area (Å²) in [7, 11) is 0. The zero-order valence-corrected chi connectivity index (χ0v) is 24.3. The molecule has 1 aliphatic carbocycles. The van der Waals surface area contributed by atoms with Gasteiger partial charge >= 0.3 is 0 Å². The van der Waals surface area contributed by atoms with Crippen molar-refractivity contribution in [1.29, 1.82) is 0 Å². The van der Waals surface area contributed by atoms with Crippen molar-refractivity contribution in [1.82, 2.24) is 25.5 Å². The molecule has 2 heterocycles. The molecule has 1 amide bonds. The zero-order valence-electron chi connectivity index (χ0n) is 22.8. The van der Waals surface area contributed by atoms with Crippen LogP contribution in [0.5, 0.6) is 0 Å². The lowest BCUT2D eigenvalue weighted by Gasteiger charge is -2.35. The molecule has 3 aromatic rings. The number of hydrogen-bond acceptors (Lipinski definition) is 6. The van der Waals surface area contributed by atoms with Crippen LogP contribution in [-0.4, -0.2) is 52.6 Å². The van der Waals surface area contributed by atoms with E-state index in [1.54, 1.807) is 12.3 Å². The maximum atomic E-state index is 12.5. The Morgan fingerprint density at radius 3 is 2.73 bits per heavy atom. The SMILES string of the molecule is C=CN=C(N)CNCCN(Cc1ccc(CNC(=O)c2ccncc2Cl)cc1)C1CCCc2cccnc21.CCl. The first-order valence-corrected chi connectivity index (χ1v) is 14.3. The minimum atomic E-state index is -0.220. The summed E-state index contributed by atoms with van der Waals surface area (Å²) in [4.78, 5) is 27.7. The van der Waals surface area contributed by atoms with E-state index in [1.165, 1.54) is 35.6 Å². The van der Waals surface area contributed by atoms with Crippen LogP contribution in [0, 0.1) is 0 Å². The van der Waals surface area contributed by atoms with E-state index in [9.17, 15) is 4.79 Å². The smallest absolute Gasteiger partial charge is 0.253 e. The molecule has 1 aliphatic rings. The fourth-order valence-corrected chi connectivity index (χ4v) is 4.93. The Kier molecular flexibility index (Phi) is 13.1. The molecular formula is C30H37Cl2N7O. The van der Waals surface area contributed by atoms with Crippen LogP contribution in [0.2, 0.25) is 5.02 Å². The number of aliphatic imine (C=N–C) groups is 1. The summed E-state index contributed by atoms with van der Waals surface area (Å²) in [5.41, 5.74) is 11.0. The van der Waals surface area contributed by atoms with Crippen molar-refractivity contribution in [3.05, 3.63) is 107 Å². The van der Waals surface area contributed by atoms with Crippen molar-refractivity contribution >= 4 is 34.9 Å². The highest BCUT2D eigenvalue weighted by Crippen LogP contribution is 2.33. The van der Waals surface area contributed by atoms with Gasteiger partial charge in [0.05, 0.1) is 28.9 Å². The molecular weight excluding hydrogens is 545 g/mol. The van der Waals surface area contributed by atoms with E-state index in [0.717, 1.165) is 44.5 Å². The maximum absolute atomic E-state index is 12.5. The first kappa shape index (κ1) is 31.2. The minimum Gasteiger partial charge on any atom is -0.386 e. The second-order valence-corrected chi connectivity index (χ2v) is 9.67. The van der Waals surface area contributed by atoms with Crippen LogP contribution in [0.3, 0.4) is 0 Å². The fourth-order valence-electron chi connectivity index (χ4n) is 4.72. The van der Waals surface area contributed by atoms with Crippen LogP contribution < -0.4 is 16.4 Å². The Balaban J connectivity index is 0.00000216. The number of aromatic nitrogens is 2. The molecule has 2 aromatic heterocycles. The van der Waals surface area contributed by atoms with Crippen molar-refractivity contribution in [2.45, 2.75) is 38.4 Å². The Bertz CT molecular complexity index is 1270. The lowest BCUT2D eigenvalue weighted by atomic mass is 9.90. The maximum Gasteiger partial charge on any atom is 0.253 e. The first-order valence-electron chi connectivity index (χ1n) is 13.2. The number of nitrogens with one attached hydrogen (secondary N) is 2. The van der Waals surface area contributed by atoms with Gasteiger partial charge in [0.1, 0.15) is 5.84 Å². The summed E-state index contributed by atoms with van der Waals surface area (Å²) in [6.07, 6.45) is 11.1. The number of hydrogen-bond donors (Lipinski definition) is 3. The van der Waals surface area contributed by atoms with Crippen molar-refractivity contribution in [2.75, 3.05) is 26.0 Å². The van der Waals surface area contributed by atoms with E-state index in [0.29, 0.717) is 29.5 Å². The Morgan fingerprint density at radius 2 is 1.98 bits per heavy atom. The third kappa shape index (κ3) is 9.13. The predicted octanol–water partition coefficient (Wildman–Crippen LogP) is 4.88. The van der Waals surface area contributed by atoms with Gasteiger partial charge in [-0.15, -0.1) is 11.6 Å². The highest BCUT2D eigenvalue weighted by molar-refractivity contribution is 6.33. The number of halogens is 2. The Morgan fingerprint density at radius 1 is 1.20 bits per heavy atom. The van der Waals surface area contributed by atoms with Crippen LogP contribution in [0.15, 0.2) is 78.8 Å². The van der Waals surface area contributed by atoms with Gasteiger partial charge in [0, 0.05) is 57.4 Å². The van der Waals surface area contributed by atoms with E-state index < -0.39 is 0 Å². The quantitative estimate of drug-likeness (QED) is 0.122. The standard InChI is InChI=1S/C29H34ClN7O.CH3Cl/c1-2-34-27(31)19-33-15-16-37(26-7-3-5-23-6-4-13-35-28(23)26)20-22-10-8-21(9-11-22)17-36-29(38)24-12-14-32-18-25(24)30;1-2/h2,4,6,8-14,18,26,33H,1,3,5,7,15-17,19-20H2,(H2,31,34)(H,36,38);1H3. The molecule has 4 N–H and O–H groups in total. The van der Waals surface area contributed by atoms with E-state index in [1.807, 2.05) is 12.3 Å². The topological polar surface area (TPSA) is 109 Å². The van der Waals surface area contributed by atoms with Gasteiger partial charge in [0.2, 0.25) is 0 Å². The molecule has 8 nitrogen and oxygen atoms in total. The molecule has 4 rings (SSSR count). The normalized spacial score (nSPS) is 14.6. The van der Waals surface area contributed by atoms with E-state index in [2.05, 4.69) is 74.0 Å². The highest BCUT2D eigenvalue weighted by atomic mass is 35.5. The van der Waals surface area contributed by atoms with Gasteiger partial charge < -0.3 is 16.4 Å². The number of benzene rings is 1. The molecule has 1 aromatic carbocycles. The second kappa shape index (κ2) is 16.7. The summed E-state index contributed by atoms with van der Waals surface area (Å²) < 4.78 is 0. The number of aryl methyl sites for hydroxylation is 1. The molecule has 40 heavy (non-hydrogen) atoms. The summed E-state index contributed by atoms with van der Waals surface area (Å²) in [6.45, 7) is 6.93. The molecule has 0 fully saturated rings. The molecule has 0 saturated carbocycles. The van der Waals surface area contributed by atoms with Crippen molar-refractivity contribution in [2.24, 2.45) is 10.7 Å². The number of amidine groups is 1. The molecule has 0 saturated heterocycles. The predicted molar refractivity (Wildman–Crippen MR) is 164 cm³/mol. The monoisotopic (exact) mass is 581 g/mol.